The predicted molar refractivity (Wildman–Crippen MR) is 64.7 cm³/mol. The molecule has 1 aliphatic carbocycles. The van der Waals surface area contributed by atoms with Gasteiger partial charge >= 0.3 is 11.9 Å². The van der Waals surface area contributed by atoms with Gasteiger partial charge < -0.3 is 14.6 Å². The van der Waals surface area contributed by atoms with Crippen LogP contribution in [0.3, 0.4) is 0 Å². The van der Waals surface area contributed by atoms with Gasteiger partial charge in [-0.1, -0.05) is 6.92 Å². The van der Waals surface area contributed by atoms with Crippen molar-refractivity contribution in [3.05, 3.63) is 0 Å². The van der Waals surface area contributed by atoms with Crippen LogP contribution in [0.2, 0.25) is 0 Å². The van der Waals surface area contributed by atoms with Crippen molar-refractivity contribution in [1.82, 2.24) is 0 Å². The molecule has 1 fully saturated rings. The van der Waals surface area contributed by atoms with E-state index in [0.29, 0.717) is 12.8 Å². The second-order valence-electron chi connectivity index (χ2n) is 4.85. The molecule has 2 atom stereocenters. The summed E-state index contributed by atoms with van der Waals surface area (Å²) in [6.07, 6.45) is 0.693. The third-order valence-electron chi connectivity index (χ3n) is 3.65. The highest BCUT2D eigenvalue weighted by Crippen LogP contribution is 2.47. The zero-order chi connectivity index (χ0) is 13.8. The van der Waals surface area contributed by atoms with Gasteiger partial charge in [0.1, 0.15) is 0 Å². The molecule has 0 saturated heterocycles. The van der Waals surface area contributed by atoms with Gasteiger partial charge in [-0.25, -0.2) is 0 Å². The average molecular weight is 258 g/mol. The number of carbonyl (C=O) groups excluding carboxylic acids is 2. The van der Waals surface area contributed by atoms with Gasteiger partial charge in [0.25, 0.3) is 0 Å². The van der Waals surface area contributed by atoms with Crippen LogP contribution < -0.4 is 0 Å². The maximum atomic E-state index is 12.1. The third kappa shape index (κ3) is 2.66. The fourth-order valence-electron chi connectivity index (χ4n) is 2.65. The largest absolute Gasteiger partial charge is 0.465 e. The first-order valence-corrected chi connectivity index (χ1v) is 6.47. The summed E-state index contributed by atoms with van der Waals surface area (Å²) in [5.41, 5.74) is -1.22. The Hall–Kier alpha value is -1.10. The normalized spacial score (nSPS) is 25.8. The maximum absolute atomic E-state index is 12.1. The summed E-state index contributed by atoms with van der Waals surface area (Å²) in [5, 5.41) is 9.29. The number of hydrogen-bond acceptors (Lipinski definition) is 5. The summed E-state index contributed by atoms with van der Waals surface area (Å²) in [6.45, 7) is 5.79. The monoisotopic (exact) mass is 258 g/mol. The second kappa shape index (κ2) is 6.18. The van der Waals surface area contributed by atoms with E-state index in [0.717, 1.165) is 0 Å². The van der Waals surface area contributed by atoms with E-state index in [1.54, 1.807) is 13.8 Å². The molecule has 5 heteroatoms. The Bertz CT molecular complexity index is 295. The topological polar surface area (TPSA) is 72.8 Å². The van der Waals surface area contributed by atoms with Crippen molar-refractivity contribution in [1.29, 1.82) is 0 Å². The smallest absolute Gasteiger partial charge is 0.323 e. The van der Waals surface area contributed by atoms with Gasteiger partial charge in [-0.2, -0.15) is 0 Å². The highest BCUT2D eigenvalue weighted by molar-refractivity contribution is 6.00. The lowest BCUT2D eigenvalue weighted by atomic mass is 9.85. The molecule has 104 valence electrons. The van der Waals surface area contributed by atoms with E-state index in [9.17, 15) is 14.7 Å². The van der Waals surface area contributed by atoms with E-state index in [1.165, 1.54) is 0 Å². The first-order valence-electron chi connectivity index (χ1n) is 6.47. The molecule has 0 radical (unpaired) electrons. The van der Waals surface area contributed by atoms with Gasteiger partial charge in [-0.3, -0.25) is 9.59 Å². The van der Waals surface area contributed by atoms with Gasteiger partial charge in [0, 0.05) is 6.61 Å². The molecule has 0 aromatic rings. The third-order valence-corrected chi connectivity index (χ3v) is 3.65. The molecule has 0 aliphatic heterocycles. The van der Waals surface area contributed by atoms with Crippen molar-refractivity contribution in [3.8, 4) is 0 Å². The molecule has 18 heavy (non-hydrogen) atoms. The molecular formula is C13H22O5. The van der Waals surface area contributed by atoms with E-state index >= 15 is 0 Å². The number of esters is 2. The number of aliphatic hydroxyl groups is 1. The molecule has 0 aromatic carbocycles. The van der Waals surface area contributed by atoms with Crippen molar-refractivity contribution in [2.75, 3.05) is 19.8 Å². The van der Waals surface area contributed by atoms with Gasteiger partial charge in [0.15, 0.2) is 5.41 Å². The minimum Gasteiger partial charge on any atom is -0.465 e. The quantitative estimate of drug-likeness (QED) is 0.591. The van der Waals surface area contributed by atoms with Crippen LogP contribution in [0.1, 0.15) is 33.6 Å². The lowest BCUT2D eigenvalue weighted by molar-refractivity contribution is -0.172. The summed E-state index contributed by atoms with van der Waals surface area (Å²) in [4.78, 5) is 24.2. The summed E-state index contributed by atoms with van der Waals surface area (Å²) in [5.74, 6) is -1.000. The van der Waals surface area contributed by atoms with Crippen LogP contribution in [-0.4, -0.2) is 36.9 Å². The Morgan fingerprint density at radius 2 is 1.67 bits per heavy atom. The summed E-state index contributed by atoms with van der Waals surface area (Å²) >= 11 is 0. The number of carbonyl (C=O) groups is 2. The Morgan fingerprint density at radius 1 is 1.17 bits per heavy atom. The van der Waals surface area contributed by atoms with Gasteiger partial charge in [0.2, 0.25) is 0 Å². The number of aliphatic hydroxyl groups excluding tert-OH is 1. The van der Waals surface area contributed by atoms with E-state index < -0.39 is 17.4 Å². The lowest BCUT2D eigenvalue weighted by Gasteiger charge is -2.24. The maximum Gasteiger partial charge on any atom is 0.323 e. The van der Waals surface area contributed by atoms with Crippen molar-refractivity contribution in [3.63, 3.8) is 0 Å². The number of hydrogen-bond donors (Lipinski definition) is 1. The molecule has 5 nitrogen and oxygen atoms in total. The molecule has 1 N–H and O–H groups in total. The highest BCUT2D eigenvalue weighted by Gasteiger charge is 2.56. The van der Waals surface area contributed by atoms with Crippen LogP contribution >= 0.6 is 0 Å². The van der Waals surface area contributed by atoms with E-state index in [1.807, 2.05) is 6.92 Å². The van der Waals surface area contributed by atoms with Crippen LogP contribution in [0.5, 0.6) is 0 Å². The van der Waals surface area contributed by atoms with Crippen molar-refractivity contribution in [2.24, 2.45) is 17.3 Å². The molecule has 0 aromatic heterocycles. The lowest BCUT2D eigenvalue weighted by Crippen LogP contribution is -2.40. The number of ether oxygens (including phenoxy) is 2. The van der Waals surface area contributed by atoms with Crippen LogP contribution in [0.4, 0.5) is 0 Å². The Morgan fingerprint density at radius 3 is 2.00 bits per heavy atom. The van der Waals surface area contributed by atoms with Crippen LogP contribution in [0, 0.1) is 17.3 Å². The van der Waals surface area contributed by atoms with Crippen LogP contribution in [0.15, 0.2) is 0 Å². The van der Waals surface area contributed by atoms with Crippen LogP contribution in [-0.2, 0) is 19.1 Å². The van der Waals surface area contributed by atoms with E-state index in [-0.39, 0.29) is 31.7 Å². The number of rotatable bonds is 5. The first kappa shape index (κ1) is 15.0. The van der Waals surface area contributed by atoms with Gasteiger partial charge in [-0.15, -0.1) is 0 Å². The molecular weight excluding hydrogens is 236 g/mol. The minimum absolute atomic E-state index is 0.0261. The molecule has 1 aliphatic rings. The Kier molecular flexibility index (Phi) is 5.14. The molecule has 0 unspecified atom stereocenters. The van der Waals surface area contributed by atoms with Crippen molar-refractivity contribution < 1.29 is 24.2 Å². The molecule has 1 saturated carbocycles. The van der Waals surface area contributed by atoms with Crippen LogP contribution in [0.25, 0.3) is 0 Å². The molecule has 0 spiro atoms. The van der Waals surface area contributed by atoms with Crippen molar-refractivity contribution in [2.45, 2.75) is 33.6 Å². The second-order valence-corrected chi connectivity index (χ2v) is 4.85. The minimum atomic E-state index is -1.22. The summed E-state index contributed by atoms with van der Waals surface area (Å²) in [6, 6.07) is 0. The Balaban J connectivity index is 2.96. The van der Waals surface area contributed by atoms with Gasteiger partial charge in [-0.05, 0) is 38.5 Å². The summed E-state index contributed by atoms with van der Waals surface area (Å²) in [7, 11) is 0. The highest BCUT2D eigenvalue weighted by atomic mass is 16.6. The molecule has 1 rings (SSSR count). The zero-order valence-electron chi connectivity index (χ0n) is 11.3. The molecule has 0 amide bonds. The Labute approximate surface area is 107 Å². The zero-order valence-corrected chi connectivity index (χ0v) is 11.3. The summed E-state index contributed by atoms with van der Waals surface area (Å²) < 4.78 is 10.0. The molecule has 0 heterocycles. The fraction of sp³-hybridized carbons (Fsp3) is 0.846. The average Bonchev–Trinajstić information content (AvgIpc) is 2.68. The molecule has 0 bridgehead atoms. The van der Waals surface area contributed by atoms with Gasteiger partial charge in [0.05, 0.1) is 13.2 Å². The van der Waals surface area contributed by atoms with E-state index in [4.69, 9.17) is 9.47 Å². The fourth-order valence-corrected chi connectivity index (χ4v) is 2.65. The van der Waals surface area contributed by atoms with E-state index in [2.05, 4.69) is 0 Å². The standard InChI is InChI=1S/C13H22O5/c1-4-17-11(15)13(12(16)18-5-2)6-9(3)10(7-13)8-14/h9-10,14H,4-8H2,1-3H3/t9-,10-/m0/s1. The predicted octanol–water partition coefficient (Wildman–Crippen LogP) is 1.14. The van der Waals surface area contributed by atoms with Crippen molar-refractivity contribution >= 4 is 11.9 Å². The first-order chi connectivity index (χ1) is 8.51. The SMILES string of the molecule is CCOC(=O)C1(C(=O)OCC)C[C@@H](CO)[C@@H](C)C1.